The number of Topliss-reactive ketones (excluding diaryl/α,β-unsaturated/α-hetero) is 1. The maximum Gasteiger partial charge on any atom is 0.392 e. The largest absolute Gasteiger partial charge is 0.398 e. The van der Waals surface area contributed by atoms with Crippen molar-refractivity contribution < 1.29 is 18.0 Å². The number of halogens is 4. The van der Waals surface area contributed by atoms with E-state index in [1.807, 2.05) is 0 Å². The molecule has 2 nitrogen and oxygen atoms in total. The van der Waals surface area contributed by atoms with Crippen LogP contribution in [-0.2, 0) is 0 Å². The molecule has 1 aromatic carbocycles. The third kappa shape index (κ3) is 3.08. The van der Waals surface area contributed by atoms with Gasteiger partial charge in [-0.25, -0.2) is 0 Å². The minimum atomic E-state index is -4.33. The first-order valence-corrected chi connectivity index (χ1v) is 6.84. The Morgan fingerprint density at radius 2 is 1.90 bits per heavy atom. The van der Waals surface area contributed by atoms with Crippen LogP contribution in [0.1, 0.15) is 36.0 Å². The summed E-state index contributed by atoms with van der Waals surface area (Å²) in [4.78, 5) is 12.3. The van der Waals surface area contributed by atoms with Crippen LogP contribution in [-0.4, -0.2) is 12.0 Å². The summed E-state index contributed by atoms with van der Waals surface area (Å²) in [5.41, 5.74) is 6.04. The molecule has 2 unspecified atom stereocenters. The van der Waals surface area contributed by atoms with Crippen molar-refractivity contribution in [1.82, 2.24) is 0 Å². The molecular weight excluding hydrogens is 291 g/mol. The van der Waals surface area contributed by atoms with E-state index in [4.69, 9.17) is 17.3 Å². The van der Waals surface area contributed by atoms with Crippen molar-refractivity contribution in [3.8, 4) is 0 Å². The second kappa shape index (κ2) is 5.64. The van der Waals surface area contributed by atoms with E-state index in [1.54, 1.807) is 0 Å². The van der Waals surface area contributed by atoms with Gasteiger partial charge in [-0.2, -0.15) is 13.2 Å². The quantitative estimate of drug-likeness (QED) is 0.647. The van der Waals surface area contributed by atoms with Crippen LogP contribution < -0.4 is 5.73 Å². The first-order valence-electron chi connectivity index (χ1n) is 6.46. The van der Waals surface area contributed by atoms with E-state index in [0.29, 0.717) is 18.5 Å². The highest BCUT2D eigenvalue weighted by Gasteiger charge is 2.48. The molecule has 1 fully saturated rings. The van der Waals surface area contributed by atoms with E-state index < -0.39 is 23.8 Å². The molecular formula is C14H15ClF3NO. The summed E-state index contributed by atoms with van der Waals surface area (Å²) in [6, 6.07) is 4.23. The third-order valence-corrected chi connectivity index (χ3v) is 4.14. The van der Waals surface area contributed by atoms with Crippen LogP contribution in [0.5, 0.6) is 0 Å². The fourth-order valence-electron chi connectivity index (χ4n) is 2.73. The van der Waals surface area contributed by atoms with Gasteiger partial charge in [0.15, 0.2) is 5.78 Å². The molecule has 20 heavy (non-hydrogen) atoms. The van der Waals surface area contributed by atoms with E-state index in [0.717, 1.165) is 0 Å². The van der Waals surface area contributed by atoms with Gasteiger partial charge < -0.3 is 5.73 Å². The third-order valence-electron chi connectivity index (χ3n) is 3.81. The fraction of sp³-hybridized carbons (Fsp3) is 0.500. The van der Waals surface area contributed by atoms with Gasteiger partial charge in [0.25, 0.3) is 0 Å². The summed E-state index contributed by atoms with van der Waals surface area (Å²) in [7, 11) is 0. The lowest BCUT2D eigenvalue weighted by atomic mass is 9.75. The Morgan fingerprint density at radius 3 is 2.50 bits per heavy atom. The van der Waals surface area contributed by atoms with Crippen molar-refractivity contribution >= 4 is 23.1 Å². The number of ketones is 1. The van der Waals surface area contributed by atoms with E-state index in [1.165, 1.54) is 18.2 Å². The number of anilines is 1. The Morgan fingerprint density at radius 1 is 1.25 bits per heavy atom. The Balaban J connectivity index is 2.27. The number of hydrogen-bond donors (Lipinski definition) is 1. The molecule has 0 radical (unpaired) electrons. The molecule has 1 saturated carbocycles. The average Bonchev–Trinajstić information content (AvgIpc) is 2.40. The van der Waals surface area contributed by atoms with Crippen molar-refractivity contribution in [3.63, 3.8) is 0 Å². The lowest BCUT2D eigenvalue weighted by molar-refractivity contribution is -0.190. The standard InChI is InChI=1S/C14H15ClF3NO/c15-11-7-8(5-6-12(11)19)13(20)9-3-1-2-4-10(9)14(16,17)18/h5-7,9-10H,1-4,19H2. The molecule has 0 amide bonds. The van der Waals surface area contributed by atoms with Gasteiger partial charge in [-0.1, -0.05) is 24.4 Å². The molecule has 0 aromatic heterocycles. The molecule has 0 spiro atoms. The molecule has 0 bridgehead atoms. The van der Waals surface area contributed by atoms with Crippen molar-refractivity contribution in [3.05, 3.63) is 28.8 Å². The van der Waals surface area contributed by atoms with E-state index in [2.05, 4.69) is 0 Å². The number of hydrogen-bond acceptors (Lipinski definition) is 2. The normalized spacial score (nSPS) is 23.6. The van der Waals surface area contributed by atoms with Crippen LogP contribution in [0.3, 0.4) is 0 Å². The summed E-state index contributed by atoms with van der Waals surface area (Å²) in [6.45, 7) is 0. The van der Waals surface area contributed by atoms with Gasteiger partial charge in [0, 0.05) is 11.5 Å². The van der Waals surface area contributed by atoms with Gasteiger partial charge in [-0.3, -0.25) is 4.79 Å². The highest BCUT2D eigenvalue weighted by Crippen LogP contribution is 2.43. The number of alkyl halides is 3. The van der Waals surface area contributed by atoms with Crippen LogP contribution in [0.2, 0.25) is 5.02 Å². The maximum absolute atomic E-state index is 13.0. The van der Waals surface area contributed by atoms with Gasteiger partial charge in [0.2, 0.25) is 0 Å². The average molecular weight is 306 g/mol. The Kier molecular flexibility index (Phi) is 4.28. The maximum atomic E-state index is 13.0. The van der Waals surface area contributed by atoms with Gasteiger partial charge in [0.05, 0.1) is 16.6 Å². The van der Waals surface area contributed by atoms with Crippen molar-refractivity contribution in [2.24, 2.45) is 11.8 Å². The first kappa shape index (κ1) is 15.2. The zero-order valence-electron chi connectivity index (χ0n) is 10.7. The molecule has 1 aliphatic carbocycles. The summed E-state index contributed by atoms with van der Waals surface area (Å²) >= 11 is 5.82. The Bertz CT molecular complexity index is 516. The second-order valence-corrected chi connectivity index (χ2v) is 5.55. The zero-order valence-corrected chi connectivity index (χ0v) is 11.5. The van der Waals surface area contributed by atoms with Crippen molar-refractivity contribution in [2.75, 3.05) is 5.73 Å². The van der Waals surface area contributed by atoms with Crippen LogP contribution >= 0.6 is 11.6 Å². The monoisotopic (exact) mass is 305 g/mol. The summed E-state index contributed by atoms with van der Waals surface area (Å²) in [6.07, 6.45) is -2.89. The molecule has 110 valence electrons. The smallest absolute Gasteiger partial charge is 0.392 e. The number of benzene rings is 1. The molecule has 1 aliphatic rings. The van der Waals surface area contributed by atoms with Gasteiger partial charge in [-0.05, 0) is 31.0 Å². The molecule has 2 atom stereocenters. The minimum absolute atomic E-state index is 0.0165. The molecule has 0 saturated heterocycles. The topological polar surface area (TPSA) is 43.1 Å². The van der Waals surface area contributed by atoms with Crippen molar-refractivity contribution in [1.29, 1.82) is 0 Å². The predicted molar refractivity (Wildman–Crippen MR) is 71.7 cm³/mol. The summed E-state index contributed by atoms with van der Waals surface area (Å²) in [5, 5.41) is 0.190. The van der Waals surface area contributed by atoms with Crippen molar-refractivity contribution in [2.45, 2.75) is 31.9 Å². The lowest BCUT2D eigenvalue weighted by Crippen LogP contribution is -2.37. The van der Waals surface area contributed by atoms with E-state index in [9.17, 15) is 18.0 Å². The molecule has 1 aromatic rings. The SMILES string of the molecule is Nc1ccc(C(=O)C2CCCCC2C(F)(F)F)cc1Cl. The molecule has 2 N–H and O–H groups in total. The second-order valence-electron chi connectivity index (χ2n) is 5.14. The van der Waals surface area contributed by atoms with E-state index >= 15 is 0 Å². The van der Waals surface area contributed by atoms with Gasteiger partial charge in [0.1, 0.15) is 0 Å². The fourth-order valence-corrected chi connectivity index (χ4v) is 2.91. The highest BCUT2D eigenvalue weighted by atomic mass is 35.5. The van der Waals surface area contributed by atoms with Gasteiger partial charge >= 0.3 is 6.18 Å². The number of nitrogens with two attached hydrogens (primary N) is 1. The number of carbonyl (C=O) groups excluding carboxylic acids is 1. The lowest BCUT2D eigenvalue weighted by Gasteiger charge is -2.32. The van der Waals surface area contributed by atoms with Gasteiger partial charge in [-0.15, -0.1) is 0 Å². The predicted octanol–water partition coefficient (Wildman–Crippen LogP) is 4.47. The van der Waals surface area contributed by atoms with Crippen LogP contribution in [0.4, 0.5) is 18.9 Å². The number of nitrogen functional groups attached to an aromatic ring is 1. The Labute approximate surface area is 120 Å². The Hall–Kier alpha value is -1.23. The highest BCUT2D eigenvalue weighted by molar-refractivity contribution is 6.33. The molecule has 6 heteroatoms. The molecule has 0 heterocycles. The number of rotatable bonds is 2. The minimum Gasteiger partial charge on any atom is -0.398 e. The summed E-state index contributed by atoms with van der Waals surface area (Å²) in [5.74, 6) is -3.06. The van der Waals surface area contributed by atoms with Crippen LogP contribution in [0.15, 0.2) is 18.2 Å². The van der Waals surface area contributed by atoms with E-state index in [-0.39, 0.29) is 23.4 Å². The first-order chi connectivity index (χ1) is 9.30. The summed E-state index contributed by atoms with van der Waals surface area (Å²) < 4.78 is 39.0. The van der Waals surface area contributed by atoms with Crippen LogP contribution in [0, 0.1) is 11.8 Å². The molecule has 0 aliphatic heterocycles. The zero-order chi connectivity index (χ0) is 14.9. The molecule has 2 rings (SSSR count). The van der Waals surface area contributed by atoms with Crippen LogP contribution in [0.25, 0.3) is 0 Å². The number of carbonyl (C=O) groups is 1.